The van der Waals surface area contributed by atoms with E-state index >= 15 is 0 Å². The Labute approximate surface area is 202 Å². The van der Waals surface area contributed by atoms with Crippen LogP contribution in [0.3, 0.4) is 0 Å². The lowest BCUT2D eigenvalue weighted by Crippen LogP contribution is -2.52. The molecule has 3 N–H and O–H groups in total. The smallest absolute Gasteiger partial charge is 0.217 e. The van der Waals surface area contributed by atoms with Gasteiger partial charge in [0.2, 0.25) is 5.91 Å². The molecule has 1 aliphatic heterocycles. The molecular weight excluding hydrogens is 431 g/mol. The minimum atomic E-state index is -1.29. The van der Waals surface area contributed by atoms with Gasteiger partial charge in [-0.1, -0.05) is 42.5 Å². The van der Waals surface area contributed by atoms with Crippen LogP contribution < -0.4 is 15.4 Å². The van der Waals surface area contributed by atoms with Gasteiger partial charge in [-0.25, -0.2) is 4.39 Å². The van der Waals surface area contributed by atoms with Crippen molar-refractivity contribution in [2.45, 2.75) is 88.8 Å². The van der Waals surface area contributed by atoms with Crippen LogP contribution in [0.1, 0.15) is 69.2 Å². The molecule has 1 aliphatic carbocycles. The summed E-state index contributed by atoms with van der Waals surface area (Å²) in [4.78, 5) is 11.8. The molecule has 2 aromatic rings. The summed E-state index contributed by atoms with van der Waals surface area (Å²) < 4.78 is 20.7. The number of nitrogens with one attached hydrogen (secondary N) is 2. The Balaban J connectivity index is 1.50. The van der Waals surface area contributed by atoms with E-state index in [1.807, 2.05) is 48.5 Å². The molecular formula is C28H37FN2O3. The molecule has 184 valence electrons. The minimum absolute atomic E-state index is 0.00363. The number of hydrogen-bond donors (Lipinski definition) is 3. The number of hydrogen-bond acceptors (Lipinski definition) is 4. The zero-order valence-electron chi connectivity index (χ0n) is 20.4. The van der Waals surface area contributed by atoms with Crippen molar-refractivity contribution in [1.29, 1.82) is 0 Å². The summed E-state index contributed by atoms with van der Waals surface area (Å²) in [5.74, 6) is 0.685. The van der Waals surface area contributed by atoms with E-state index in [-0.39, 0.29) is 17.6 Å². The molecule has 4 rings (SSSR count). The Morgan fingerprint density at radius 3 is 2.56 bits per heavy atom. The maximum Gasteiger partial charge on any atom is 0.217 e. The first-order valence-electron chi connectivity index (χ1n) is 12.4. The Kier molecular flexibility index (Phi) is 7.29. The lowest BCUT2D eigenvalue weighted by Gasteiger charge is -2.48. The van der Waals surface area contributed by atoms with E-state index in [9.17, 15) is 14.3 Å². The van der Waals surface area contributed by atoms with Crippen LogP contribution in [0.2, 0.25) is 0 Å². The Morgan fingerprint density at radius 2 is 1.94 bits per heavy atom. The third-order valence-electron chi connectivity index (χ3n) is 6.97. The topological polar surface area (TPSA) is 70.6 Å². The number of halogens is 1. The van der Waals surface area contributed by atoms with Gasteiger partial charge in [-0.05, 0) is 56.7 Å². The van der Waals surface area contributed by atoms with Gasteiger partial charge in [0.15, 0.2) is 0 Å². The Hall–Kier alpha value is -2.44. The summed E-state index contributed by atoms with van der Waals surface area (Å²) in [5.41, 5.74) is 1.57. The maximum absolute atomic E-state index is 14.3. The molecule has 0 bridgehead atoms. The molecule has 1 saturated carbocycles. The summed E-state index contributed by atoms with van der Waals surface area (Å²) >= 11 is 0. The Bertz CT molecular complexity index is 985. The van der Waals surface area contributed by atoms with Crippen molar-refractivity contribution in [3.63, 3.8) is 0 Å². The van der Waals surface area contributed by atoms with E-state index in [0.717, 1.165) is 48.1 Å². The predicted octanol–water partition coefficient (Wildman–Crippen LogP) is 4.42. The summed E-state index contributed by atoms with van der Waals surface area (Å²) in [5, 5.41) is 17.5. The van der Waals surface area contributed by atoms with E-state index in [2.05, 4.69) is 10.6 Å². The summed E-state index contributed by atoms with van der Waals surface area (Å²) in [7, 11) is 0. The van der Waals surface area contributed by atoms with Gasteiger partial charge in [-0.3, -0.25) is 4.79 Å². The van der Waals surface area contributed by atoms with Gasteiger partial charge in [0.25, 0.3) is 0 Å². The highest BCUT2D eigenvalue weighted by molar-refractivity contribution is 5.73. The van der Waals surface area contributed by atoms with Crippen molar-refractivity contribution in [3.8, 4) is 5.75 Å². The number of carbonyl (C=O) groups is 1. The molecule has 5 nitrogen and oxygen atoms in total. The number of fused-ring (bicyclic) bond motifs is 1. The van der Waals surface area contributed by atoms with Crippen molar-refractivity contribution in [3.05, 3.63) is 65.2 Å². The predicted molar refractivity (Wildman–Crippen MR) is 132 cm³/mol. The average Bonchev–Trinajstić information content (AvgIpc) is 2.75. The van der Waals surface area contributed by atoms with Crippen molar-refractivity contribution in [2.75, 3.05) is 6.54 Å². The number of aliphatic hydroxyl groups is 1. The lowest BCUT2D eigenvalue weighted by atomic mass is 9.72. The van der Waals surface area contributed by atoms with Crippen molar-refractivity contribution >= 4 is 5.91 Å². The average molecular weight is 469 g/mol. The van der Waals surface area contributed by atoms with Crippen LogP contribution in [0.5, 0.6) is 5.75 Å². The summed E-state index contributed by atoms with van der Waals surface area (Å²) in [6.45, 7) is 4.98. The van der Waals surface area contributed by atoms with Gasteiger partial charge in [0, 0.05) is 37.9 Å². The number of ether oxygens (including phenoxy) is 1. The van der Waals surface area contributed by atoms with Crippen LogP contribution in [0, 0.1) is 0 Å². The number of benzene rings is 2. The zero-order valence-corrected chi connectivity index (χ0v) is 20.4. The van der Waals surface area contributed by atoms with Crippen LogP contribution in [-0.4, -0.2) is 41.0 Å². The van der Waals surface area contributed by atoms with Crippen LogP contribution in [0.15, 0.2) is 48.5 Å². The van der Waals surface area contributed by atoms with E-state index in [1.165, 1.54) is 6.92 Å². The summed E-state index contributed by atoms with van der Waals surface area (Å²) in [6, 6.07) is 15.4. The number of amides is 1. The normalized spacial score (nSPS) is 20.6. The molecule has 6 heteroatoms. The Morgan fingerprint density at radius 1 is 1.21 bits per heavy atom. The van der Waals surface area contributed by atoms with E-state index in [4.69, 9.17) is 4.74 Å². The van der Waals surface area contributed by atoms with Crippen LogP contribution in [-0.2, 0) is 17.6 Å². The fraction of sp³-hybridized carbons (Fsp3) is 0.536. The van der Waals surface area contributed by atoms with E-state index in [0.29, 0.717) is 19.4 Å². The molecule has 0 aromatic heterocycles. The first kappa shape index (κ1) is 24.7. The standard InChI is InChI=1S/C28H37FN2O3/c1-19(32)31-23(15-20-8-5-4-6-9-20)25(33)18-30-24-17-28(12-7-13-28)34-26-11-10-21(14-22(24)26)16-27(2,3)29/h4-6,8-11,14,23-25,30,33H,7,12-13,15-18H2,1-3H3,(H,31,32)/t23-,24-,25-/m0/s1. The molecule has 3 atom stereocenters. The molecule has 0 unspecified atom stereocenters. The zero-order chi connectivity index (χ0) is 24.3. The molecule has 1 amide bonds. The minimum Gasteiger partial charge on any atom is -0.487 e. The number of aliphatic hydroxyl groups excluding tert-OH is 1. The lowest BCUT2D eigenvalue weighted by molar-refractivity contribution is -0.120. The monoisotopic (exact) mass is 468 g/mol. The second-order valence-electron chi connectivity index (χ2n) is 10.6. The number of rotatable bonds is 9. The second-order valence-corrected chi connectivity index (χ2v) is 10.6. The SMILES string of the molecule is CC(=O)N[C@@H](Cc1ccccc1)[C@@H](O)CN[C@H]1CC2(CCC2)Oc2ccc(CC(C)(C)F)cc21. The molecule has 1 fully saturated rings. The van der Waals surface area contributed by atoms with Gasteiger partial charge in [0.05, 0.1) is 12.1 Å². The fourth-order valence-corrected chi connectivity index (χ4v) is 5.19. The maximum atomic E-state index is 14.3. The van der Waals surface area contributed by atoms with Gasteiger partial charge >= 0.3 is 0 Å². The largest absolute Gasteiger partial charge is 0.487 e. The first-order chi connectivity index (χ1) is 16.1. The van der Waals surface area contributed by atoms with Gasteiger partial charge < -0.3 is 20.5 Å². The molecule has 1 spiro atoms. The summed E-state index contributed by atoms with van der Waals surface area (Å²) in [6.07, 6.45) is 4.14. The van der Waals surface area contributed by atoms with Crippen LogP contribution >= 0.6 is 0 Å². The third kappa shape index (κ3) is 6.16. The van der Waals surface area contributed by atoms with Crippen LogP contribution in [0.4, 0.5) is 4.39 Å². The number of alkyl halides is 1. The molecule has 1 heterocycles. The van der Waals surface area contributed by atoms with Gasteiger partial charge in [0.1, 0.15) is 17.0 Å². The van der Waals surface area contributed by atoms with Crippen molar-refractivity contribution in [1.82, 2.24) is 10.6 Å². The van der Waals surface area contributed by atoms with E-state index < -0.39 is 17.8 Å². The first-order valence-corrected chi connectivity index (χ1v) is 12.4. The third-order valence-corrected chi connectivity index (χ3v) is 6.97. The molecule has 2 aromatic carbocycles. The number of carbonyl (C=O) groups excluding carboxylic acids is 1. The molecule has 34 heavy (non-hydrogen) atoms. The fourth-order valence-electron chi connectivity index (χ4n) is 5.19. The van der Waals surface area contributed by atoms with Crippen molar-refractivity contribution < 1.29 is 19.0 Å². The second kappa shape index (κ2) is 10.0. The highest BCUT2D eigenvalue weighted by Crippen LogP contribution is 2.49. The molecule has 2 aliphatic rings. The van der Waals surface area contributed by atoms with E-state index in [1.54, 1.807) is 13.8 Å². The van der Waals surface area contributed by atoms with Gasteiger partial charge in [-0.2, -0.15) is 0 Å². The van der Waals surface area contributed by atoms with Crippen LogP contribution in [0.25, 0.3) is 0 Å². The molecule has 0 saturated heterocycles. The highest BCUT2D eigenvalue weighted by atomic mass is 19.1. The highest BCUT2D eigenvalue weighted by Gasteiger charge is 2.45. The quantitative estimate of drug-likeness (QED) is 0.510. The van der Waals surface area contributed by atoms with Gasteiger partial charge in [-0.15, -0.1) is 0 Å². The van der Waals surface area contributed by atoms with Crippen molar-refractivity contribution in [2.24, 2.45) is 0 Å². The molecule has 0 radical (unpaired) electrons.